The number of hydrogen-bond acceptors (Lipinski definition) is 7. The monoisotopic (exact) mass is 565 g/mol. The highest BCUT2D eigenvalue weighted by molar-refractivity contribution is 6.00. The highest BCUT2D eigenvalue weighted by Gasteiger charge is 2.73. The number of nitrogens with one attached hydrogen (secondary N) is 1. The number of hydrogen-bond donors (Lipinski definition) is 2. The van der Waals surface area contributed by atoms with Crippen LogP contribution in [0.5, 0.6) is 0 Å². The molecule has 2 N–H and O–H groups in total. The third-order valence-electron chi connectivity index (χ3n) is 8.54. The minimum absolute atomic E-state index is 0.0207. The van der Waals surface area contributed by atoms with Crippen molar-refractivity contribution in [2.24, 2.45) is 11.8 Å². The number of cyclic esters (lactones) is 1. The van der Waals surface area contributed by atoms with Crippen LogP contribution in [0.15, 0.2) is 54.6 Å². The van der Waals surface area contributed by atoms with Crippen molar-refractivity contribution in [3.63, 3.8) is 0 Å². The summed E-state index contributed by atoms with van der Waals surface area (Å²) in [7, 11) is 0. The zero-order valence-corrected chi connectivity index (χ0v) is 23.6. The van der Waals surface area contributed by atoms with Crippen LogP contribution in [0.2, 0.25) is 0 Å². The lowest BCUT2D eigenvalue weighted by Gasteiger charge is -2.37. The predicted molar refractivity (Wildman–Crippen MR) is 149 cm³/mol. The number of unbranched alkanes of at least 4 members (excludes halogenated alkanes) is 1. The molecule has 4 heterocycles. The van der Waals surface area contributed by atoms with E-state index in [1.165, 1.54) is 0 Å². The molecule has 41 heavy (non-hydrogen) atoms. The van der Waals surface area contributed by atoms with Crippen molar-refractivity contribution in [1.82, 2.24) is 15.1 Å². The van der Waals surface area contributed by atoms with Gasteiger partial charge in [-0.2, -0.15) is 0 Å². The fraction of sp³-hybridized carbons (Fsp3) is 0.548. The fourth-order valence-corrected chi connectivity index (χ4v) is 6.52. The Labute approximate surface area is 240 Å². The molecule has 2 saturated heterocycles. The van der Waals surface area contributed by atoms with Gasteiger partial charge < -0.3 is 29.7 Å². The van der Waals surface area contributed by atoms with E-state index >= 15 is 0 Å². The Balaban J connectivity index is 1.54. The number of fused-ring (bicyclic) bond motifs is 2. The Morgan fingerprint density at radius 2 is 1.85 bits per heavy atom. The molecular formula is C31H39N3O7. The molecule has 5 rings (SSSR count). The van der Waals surface area contributed by atoms with Gasteiger partial charge in [-0.25, -0.2) is 0 Å². The maximum absolute atomic E-state index is 14.3. The van der Waals surface area contributed by atoms with Crippen molar-refractivity contribution in [2.75, 3.05) is 26.3 Å². The quantitative estimate of drug-likeness (QED) is 0.307. The van der Waals surface area contributed by atoms with Gasteiger partial charge in [0, 0.05) is 32.2 Å². The summed E-state index contributed by atoms with van der Waals surface area (Å²) in [6, 6.07) is 7.52. The highest BCUT2D eigenvalue weighted by Crippen LogP contribution is 2.55. The van der Waals surface area contributed by atoms with Crippen LogP contribution in [0.25, 0.3) is 0 Å². The summed E-state index contributed by atoms with van der Waals surface area (Å²) in [5.41, 5.74) is -0.496. The van der Waals surface area contributed by atoms with Gasteiger partial charge in [-0.05, 0) is 38.7 Å². The molecule has 0 unspecified atom stereocenters. The summed E-state index contributed by atoms with van der Waals surface area (Å²) in [5, 5.41) is 12.4. The third kappa shape index (κ3) is 5.42. The number of esters is 1. The minimum Gasteiger partial charge on any atom is -0.463 e. The van der Waals surface area contributed by atoms with Crippen LogP contribution in [0.1, 0.15) is 51.1 Å². The Kier molecular flexibility index (Phi) is 8.60. The van der Waals surface area contributed by atoms with E-state index in [4.69, 9.17) is 9.47 Å². The molecule has 1 spiro atoms. The molecule has 5 bridgehead atoms. The molecule has 0 radical (unpaired) electrons. The SMILES string of the molecule is CC(C)N1C/C=C\CCC(=O)OC[C@@H](c2ccccc2)NC(=O)[C@@H]2[C@@H]3C=C[C@]4(O3)[C@H](C1=O)N(CCCCO)C(=O)[C@@H]24. The number of aliphatic hydroxyl groups excluding tert-OH is 1. The molecule has 1 aromatic carbocycles. The first-order valence-electron chi connectivity index (χ1n) is 14.5. The van der Waals surface area contributed by atoms with E-state index in [0.717, 1.165) is 5.56 Å². The number of carbonyl (C=O) groups is 4. The molecule has 10 heteroatoms. The normalized spacial score (nSPS) is 32.8. The number of ether oxygens (including phenoxy) is 2. The largest absolute Gasteiger partial charge is 0.463 e. The molecule has 3 amide bonds. The van der Waals surface area contributed by atoms with Crippen molar-refractivity contribution in [1.29, 1.82) is 0 Å². The molecular weight excluding hydrogens is 526 g/mol. The topological polar surface area (TPSA) is 125 Å². The Bertz CT molecular complexity index is 1220. The number of nitrogens with zero attached hydrogens (tertiary/aromatic N) is 2. The second-order valence-electron chi connectivity index (χ2n) is 11.4. The van der Waals surface area contributed by atoms with Gasteiger partial charge in [0.05, 0.1) is 24.0 Å². The van der Waals surface area contributed by atoms with Crippen molar-refractivity contribution in [3.8, 4) is 0 Å². The van der Waals surface area contributed by atoms with Crippen LogP contribution in [0.3, 0.4) is 0 Å². The lowest BCUT2D eigenvalue weighted by Crippen LogP contribution is -2.57. The van der Waals surface area contributed by atoms with Crippen LogP contribution in [0.4, 0.5) is 0 Å². The van der Waals surface area contributed by atoms with E-state index < -0.39 is 35.6 Å². The maximum Gasteiger partial charge on any atom is 0.306 e. The predicted octanol–water partition coefficient (Wildman–Crippen LogP) is 1.90. The molecule has 0 aromatic heterocycles. The summed E-state index contributed by atoms with van der Waals surface area (Å²) >= 11 is 0. The summed E-state index contributed by atoms with van der Waals surface area (Å²) < 4.78 is 12.0. The summed E-state index contributed by atoms with van der Waals surface area (Å²) in [5.74, 6) is -3.04. The first kappa shape index (κ1) is 29.0. The van der Waals surface area contributed by atoms with Gasteiger partial charge in [0.15, 0.2) is 0 Å². The average Bonchev–Trinajstić information content (AvgIpc) is 3.60. The van der Waals surface area contributed by atoms with Gasteiger partial charge >= 0.3 is 5.97 Å². The molecule has 0 aliphatic carbocycles. The molecule has 2 fully saturated rings. The minimum atomic E-state index is -1.26. The Morgan fingerprint density at radius 1 is 1.07 bits per heavy atom. The second kappa shape index (κ2) is 12.2. The number of likely N-dealkylation sites (tertiary alicyclic amines) is 1. The molecule has 4 aliphatic heterocycles. The van der Waals surface area contributed by atoms with E-state index in [1.807, 2.05) is 56.3 Å². The number of amides is 3. The molecule has 0 saturated carbocycles. The zero-order valence-electron chi connectivity index (χ0n) is 23.6. The van der Waals surface area contributed by atoms with E-state index in [0.29, 0.717) is 25.8 Å². The van der Waals surface area contributed by atoms with E-state index in [2.05, 4.69) is 5.32 Å². The van der Waals surface area contributed by atoms with Crippen LogP contribution >= 0.6 is 0 Å². The Morgan fingerprint density at radius 3 is 2.59 bits per heavy atom. The van der Waals surface area contributed by atoms with Crippen molar-refractivity contribution in [2.45, 2.75) is 69.4 Å². The maximum atomic E-state index is 14.3. The molecule has 220 valence electrons. The number of carbonyl (C=O) groups excluding carboxylic acids is 4. The van der Waals surface area contributed by atoms with Crippen LogP contribution < -0.4 is 5.32 Å². The van der Waals surface area contributed by atoms with Gasteiger partial charge in [-0.15, -0.1) is 0 Å². The molecule has 10 nitrogen and oxygen atoms in total. The van der Waals surface area contributed by atoms with Gasteiger partial charge in [0.25, 0.3) is 0 Å². The zero-order chi connectivity index (χ0) is 29.1. The van der Waals surface area contributed by atoms with Gasteiger partial charge in [-0.3, -0.25) is 19.2 Å². The summed E-state index contributed by atoms with van der Waals surface area (Å²) in [6.07, 6.45) is 8.25. The Hall–Kier alpha value is -3.50. The fourth-order valence-electron chi connectivity index (χ4n) is 6.52. The van der Waals surface area contributed by atoms with Gasteiger partial charge in [-0.1, -0.05) is 54.6 Å². The molecule has 1 aromatic rings. The number of allylic oxidation sites excluding steroid dienone is 1. The lowest BCUT2D eigenvalue weighted by atomic mass is 9.74. The van der Waals surface area contributed by atoms with Crippen LogP contribution in [-0.2, 0) is 28.7 Å². The second-order valence-corrected chi connectivity index (χ2v) is 11.4. The molecule has 6 atom stereocenters. The van der Waals surface area contributed by atoms with Crippen molar-refractivity contribution in [3.05, 3.63) is 60.2 Å². The standard InChI is InChI=1S/C31H39N3O7/c1-20(2)33-16-8-4-7-13-24(36)40-19-22(21-11-5-3-6-12-21)32-28(37)25-23-14-15-31(41-23)26(25)29(38)34(17-9-10-18-35)27(31)30(33)39/h3-6,8,11-12,14-15,20,22-23,25-27,35H,7,9-10,13,16-19H2,1-2H3,(H,32,37)/b8-4-/t22-,23-,25+,26+,27-,31+/m0/s1. The molecule has 4 aliphatic rings. The average molecular weight is 566 g/mol. The third-order valence-corrected chi connectivity index (χ3v) is 8.54. The first-order valence-corrected chi connectivity index (χ1v) is 14.5. The van der Waals surface area contributed by atoms with E-state index in [1.54, 1.807) is 22.0 Å². The smallest absolute Gasteiger partial charge is 0.306 e. The summed E-state index contributed by atoms with van der Waals surface area (Å²) in [6.45, 7) is 4.33. The van der Waals surface area contributed by atoms with Crippen molar-refractivity contribution >= 4 is 23.7 Å². The number of aliphatic hydroxyl groups is 1. The number of rotatable bonds is 6. The lowest BCUT2D eigenvalue weighted by molar-refractivity contribution is -0.148. The number of benzene rings is 1. The van der Waals surface area contributed by atoms with Gasteiger partial charge in [0.1, 0.15) is 18.2 Å². The van der Waals surface area contributed by atoms with Crippen molar-refractivity contribution < 1.29 is 33.8 Å². The highest BCUT2D eigenvalue weighted by atomic mass is 16.5. The summed E-state index contributed by atoms with van der Waals surface area (Å²) in [4.78, 5) is 58.1. The van der Waals surface area contributed by atoms with E-state index in [9.17, 15) is 24.3 Å². The van der Waals surface area contributed by atoms with Crippen LogP contribution in [0, 0.1) is 11.8 Å². The van der Waals surface area contributed by atoms with Gasteiger partial charge in [0.2, 0.25) is 17.7 Å². The first-order chi connectivity index (χ1) is 19.8. The van der Waals surface area contributed by atoms with E-state index in [-0.39, 0.29) is 55.9 Å². The van der Waals surface area contributed by atoms with Crippen LogP contribution in [-0.4, -0.2) is 88.7 Å².